The van der Waals surface area contributed by atoms with Crippen LogP contribution in [0, 0.1) is 5.92 Å². The lowest BCUT2D eigenvalue weighted by molar-refractivity contribution is -0.139. The van der Waals surface area contributed by atoms with Crippen LogP contribution in [0.15, 0.2) is 12.1 Å². The summed E-state index contributed by atoms with van der Waals surface area (Å²) in [7, 11) is 0. The summed E-state index contributed by atoms with van der Waals surface area (Å²) >= 11 is 11.7. The van der Waals surface area contributed by atoms with E-state index < -0.39 is 5.97 Å². The predicted molar refractivity (Wildman–Crippen MR) is 69.1 cm³/mol. The van der Waals surface area contributed by atoms with Gasteiger partial charge in [-0.15, -0.1) is 0 Å². The molecule has 18 heavy (non-hydrogen) atoms. The Kier molecular flexibility index (Phi) is 4.00. The quantitative estimate of drug-likeness (QED) is 0.894. The van der Waals surface area contributed by atoms with Gasteiger partial charge >= 0.3 is 5.97 Å². The molecule has 1 aromatic rings. The van der Waals surface area contributed by atoms with Crippen LogP contribution in [0.1, 0.15) is 12.0 Å². The van der Waals surface area contributed by atoms with Gasteiger partial charge in [0.05, 0.1) is 11.4 Å². The number of nitrogens with zero attached hydrogens (tertiary/aromatic N) is 1. The zero-order valence-electron chi connectivity index (χ0n) is 9.57. The van der Waals surface area contributed by atoms with Gasteiger partial charge in [0.25, 0.3) is 0 Å². The topological polar surface area (TPSA) is 60.8 Å². The Morgan fingerprint density at radius 2 is 2.06 bits per heavy atom. The van der Waals surface area contributed by atoms with Crippen LogP contribution < -0.4 is 0 Å². The molecule has 0 amide bonds. The summed E-state index contributed by atoms with van der Waals surface area (Å²) in [5.41, 5.74) is 0.668. The first-order valence-electron chi connectivity index (χ1n) is 5.56. The number of benzene rings is 1. The number of halogens is 2. The van der Waals surface area contributed by atoms with Gasteiger partial charge in [0.1, 0.15) is 5.75 Å². The maximum atomic E-state index is 10.5. The molecule has 1 aliphatic heterocycles. The minimum absolute atomic E-state index is 0.0442. The summed E-state index contributed by atoms with van der Waals surface area (Å²) in [6, 6.07) is 3.17. The summed E-state index contributed by atoms with van der Waals surface area (Å²) in [6.45, 7) is 1.97. The van der Waals surface area contributed by atoms with Crippen molar-refractivity contribution in [1.82, 2.24) is 4.90 Å². The van der Waals surface area contributed by atoms with Crippen LogP contribution in [0.5, 0.6) is 5.75 Å². The first-order chi connectivity index (χ1) is 8.45. The molecule has 0 atom stereocenters. The van der Waals surface area contributed by atoms with Gasteiger partial charge in [0.2, 0.25) is 0 Å². The number of rotatable bonds is 4. The number of likely N-dealkylation sites (tertiary alicyclic amines) is 1. The number of carbonyl (C=O) groups is 1. The molecule has 4 nitrogen and oxygen atoms in total. The van der Waals surface area contributed by atoms with E-state index in [1.54, 1.807) is 6.07 Å². The normalized spacial score (nSPS) is 16.6. The smallest absolute Gasteiger partial charge is 0.303 e. The van der Waals surface area contributed by atoms with Crippen molar-refractivity contribution in [2.24, 2.45) is 5.92 Å². The van der Waals surface area contributed by atoms with E-state index in [2.05, 4.69) is 4.90 Å². The second kappa shape index (κ2) is 5.34. The monoisotopic (exact) mass is 289 g/mol. The largest absolute Gasteiger partial charge is 0.506 e. The van der Waals surface area contributed by atoms with Crippen LogP contribution in [0.3, 0.4) is 0 Å². The fourth-order valence-electron chi connectivity index (χ4n) is 2.16. The first kappa shape index (κ1) is 13.5. The van der Waals surface area contributed by atoms with Crippen LogP contribution in [0.25, 0.3) is 0 Å². The first-order valence-corrected chi connectivity index (χ1v) is 6.32. The molecule has 0 unspecified atom stereocenters. The van der Waals surface area contributed by atoms with Gasteiger partial charge in [0, 0.05) is 30.2 Å². The second-order valence-corrected chi connectivity index (χ2v) is 5.40. The highest BCUT2D eigenvalue weighted by Gasteiger charge is 2.29. The van der Waals surface area contributed by atoms with E-state index in [-0.39, 0.29) is 23.1 Å². The lowest BCUT2D eigenvalue weighted by Gasteiger charge is -2.38. The number of carboxylic acids is 1. The van der Waals surface area contributed by atoms with E-state index in [9.17, 15) is 9.90 Å². The molecular formula is C12H13Cl2NO3. The number of phenolic OH excluding ortho intramolecular Hbond substituents is 1. The van der Waals surface area contributed by atoms with Gasteiger partial charge in [-0.25, -0.2) is 0 Å². The molecule has 2 N–H and O–H groups in total. The minimum Gasteiger partial charge on any atom is -0.506 e. The number of carboxylic acid groups (broad SMARTS) is 1. The van der Waals surface area contributed by atoms with Gasteiger partial charge in [-0.2, -0.15) is 0 Å². The standard InChI is InChI=1S/C12H13Cl2NO3/c13-9-2-8(12(18)10(14)3-9)6-15-4-7(5-15)1-11(16)17/h2-3,7,18H,1,4-6H2,(H,16,17). The van der Waals surface area contributed by atoms with Crippen LogP contribution in [-0.4, -0.2) is 34.2 Å². The summed E-state index contributed by atoms with van der Waals surface area (Å²) in [5, 5.41) is 19.2. The molecule has 2 rings (SSSR count). The van der Waals surface area contributed by atoms with Gasteiger partial charge in [0.15, 0.2) is 0 Å². The third-order valence-electron chi connectivity index (χ3n) is 3.00. The summed E-state index contributed by atoms with van der Waals surface area (Å²) < 4.78 is 0. The van der Waals surface area contributed by atoms with E-state index in [0.29, 0.717) is 17.1 Å². The minimum atomic E-state index is -0.770. The van der Waals surface area contributed by atoms with Crippen molar-refractivity contribution in [3.8, 4) is 5.75 Å². The predicted octanol–water partition coefficient (Wildman–Crippen LogP) is 2.61. The molecule has 1 heterocycles. The summed E-state index contributed by atoms with van der Waals surface area (Å²) in [4.78, 5) is 12.6. The Morgan fingerprint density at radius 1 is 1.39 bits per heavy atom. The Morgan fingerprint density at radius 3 is 2.67 bits per heavy atom. The van der Waals surface area contributed by atoms with Crippen LogP contribution in [-0.2, 0) is 11.3 Å². The van der Waals surface area contributed by atoms with Crippen molar-refractivity contribution >= 4 is 29.2 Å². The Bertz CT molecular complexity index is 473. The molecule has 0 spiro atoms. The molecule has 0 radical (unpaired) electrons. The van der Waals surface area contributed by atoms with E-state index in [1.165, 1.54) is 6.07 Å². The molecule has 1 aromatic carbocycles. The number of aliphatic carboxylic acids is 1. The number of hydrogen-bond donors (Lipinski definition) is 2. The zero-order chi connectivity index (χ0) is 13.3. The Balaban J connectivity index is 1.94. The molecule has 1 aliphatic rings. The van der Waals surface area contributed by atoms with Crippen molar-refractivity contribution in [3.05, 3.63) is 27.7 Å². The third kappa shape index (κ3) is 3.07. The molecule has 1 saturated heterocycles. The molecule has 98 valence electrons. The average molecular weight is 290 g/mol. The number of aromatic hydroxyl groups is 1. The van der Waals surface area contributed by atoms with Crippen LogP contribution in [0.2, 0.25) is 10.0 Å². The maximum Gasteiger partial charge on any atom is 0.303 e. The molecule has 6 heteroatoms. The van der Waals surface area contributed by atoms with Gasteiger partial charge in [-0.3, -0.25) is 9.69 Å². The number of phenols is 1. The van der Waals surface area contributed by atoms with Gasteiger partial charge in [-0.1, -0.05) is 23.2 Å². The fourth-order valence-corrected chi connectivity index (χ4v) is 2.70. The highest BCUT2D eigenvalue weighted by atomic mass is 35.5. The molecule has 0 aliphatic carbocycles. The van der Waals surface area contributed by atoms with E-state index in [1.807, 2.05) is 0 Å². The van der Waals surface area contributed by atoms with E-state index >= 15 is 0 Å². The van der Waals surface area contributed by atoms with E-state index in [0.717, 1.165) is 13.1 Å². The van der Waals surface area contributed by atoms with Crippen molar-refractivity contribution in [3.63, 3.8) is 0 Å². The van der Waals surface area contributed by atoms with Crippen molar-refractivity contribution in [1.29, 1.82) is 0 Å². The van der Waals surface area contributed by atoms with Crippen LogP contribution in [0.4, 0.5) is 0 Å². The SMILES string of the molecule is O=C(O)CC1CN(Cc2cc(Cl)cc(Cl)c2O)C1. The third-order valence-corrected chi connectivity index (χ3v) is 3.50. The highest BCUT2D eigenvalue weighted by molar-refractivity contribution is 6.35. The highest BCUT2D eigenvalue weighted by Crippen LogP contribution is 2.33. The van der Waals surface area contributed by atoms with Gasteiger partial charge < -0.3 is 10.2 Å². The average Bonchev–Trinajstić information content (AvgIpc) is 2.21. The molecular weight excluding hydrogens is 277 g/mol. The molecule has 1 fully saturated rings. The lowest BCUT2D eigenvalue weighted by Crippen LogP contribution is -2.46. The maximum absolute atomic E-state index is 10.5. The van der Waals surface area contributed by atoms with Crippen molar-refractivity contribution in [2.45, 2.75) is 13.0 Å². The van der Waals surface area contributed by atoms with E-state index in [4.69, 9.17) is 28.3 Å². The van der Waals surface area contributed by atoms with Crippen molar-refractivity contribution in [2.75, 3.05) is 13.1 Å². The Labute approximate surface area is 115 Å². The van der Waals surface area contributed by atoms with Crippen molar-refractivity contribution < 1.29 is 15.0 Å². The second-order valence-electron chi connectivity index (χ2n) is 4.55. The zero-order valence-corrected chi connectivity index (χ0v) is 11.1. The molecule has 0 saturated carbocycles. The number of hydrogen-bond acceptors (Lipinski definition) is 3. The van der Waals surface area contributed by atoms with Gasteiger partial charge in [-0.05, 0) is 18.1 Å². The Hall–Kier alpha value is -0.970. The molecule has 0 aromatic heterocycles. The lowest BCUT2D eigenvalue weighted by atomic mass is 9.95. The fraction of sp³-hybridized carbons (Fsp3) is 0.417. The van der Waals surface area contributed by atoms with Crippen LogP contribution >= 0.6 is 23.2 Å². The summed E-state index contributed by atoms with van der Waals surface area (Å²) in [5.74, 6) is -0.532. The summed E-state index contributed by atoms with van der Waals surface area (Å²) in [6.07, 6.45) is 0.193. The molecule has 0 bridgehead atoms.